The highest BCUT2D eigenvalue weighted by Crippen LogP contribution is 2.39. The van der Waals surface area contributed by atoms with Crippen LogP contribution in [0.2, 0.25) is 0 Å². The van der Waals surface area contributed by atoms with E-state index < -0.39 is 0 Å². The van der Waals surface area contributed by atoms with Gasteiger partial charge in [0.15, 0.2) is 0 Å². The summed E-state index contributed by atoms with van der Waals surface area (Å²) in [6.07, 6.45) is 9.73. The zero-order chi connectivity index (χ0) is 17.3. The number of aromatic nitrogens is 1. The molecule has 2 fully saturated rings. The van der Waals surface area contributed by atoms with Crippen molar-refractivity contribution in [3.63, 3.8) is 0 Å². The van der Waals surface area contributed by atoms with Gasteiger partial charge in [-0.1, -0.05) is 6.07 Å². The maximum atomic E-state index is 12.7. The van der Waals surface area contributed by atoms with E-state index in [0.29, 0.717) is 25.1 Å². The summed E-state index contributed by atoms with van der Waals surface area (Å²) in [7, 11) is 0. The minimum absolute atomic E-state index is 0.0199. The molecule has 130 valence electrons. The lowest BCUT2D eigenvalue weighted by Crippen LogP contribution is -2.57. The van der Waals surface area contributed by atoms with Gasteiger partial charge in [0, 0.05) is 38.4 Å². The lowest BCUT2D eigenvalue weighted by atomic mass is 9.86. The fourth-order valence-corrected chi connectivity index (χ4v) is 4.08. The second kappa shape index (κ2) is 6.35. The van der Waals surface area contributed by atoms with Gasteiger partial charge in [-0.15, -0.1) is 0 Å². The minimum atomic E-state index is -0.259. The molecule has 0 radical (unpaired) electrons. The molecule has 2 amide bonds. The van der Waals surface area contributed by atoms with Gasteiger partial charge >= 0.3 is 0 Å². The summed E-state index contributed by atoms with van der Waals surface area (Å²) in [5.41, 5.74) is 1.33. The van der Waals surface area contributed by atoms with Crippen LogP contribution in [0.1, 0.15) is 41.6 Å². The van der Waals surface area contributed by atoms with Gasteiger partial charge in [0.25, 0.3) is 5.91 Å². The Hall–Kier alpha value is -2.63. The van der Waals surface area contributed by atoms with E-state index in [1.165, 1.54) is 12.5 Å². The Bertz CT molecular complexity index is 759. The molecular formula is C19H21N3O3. The highest BCUT2D eigenvalue weighted by molar-refractivity contribution is 5.94. The first-order valence-electron chi connectivity index (χ1n) is 8.69. The molecule has 2 saturated heterocycles. The third kappa shape index (κ3) is 2.92. The van der Waals surface area contributed by atoms with E-state index >= 15 is 0 Å². The minimum Gasteiger partial charge on any atom is -0.472 e. The monoisotopic (exact) mass is 339 g/mol. The van der Waals surface area contributed by atoms with Gasteiger partial charge in [0.2, 0.25) is 5.91 Å². The summed E-state index contributed by atoms with van der Waals surface area (Å²) in [4.78, 5) is 33.2. The Morgan fingerprint density at radius 2 is 2.24 bits per heavy atom. The van der Waals surface area contributed by atoms with Crippen molar-refractivity contribution < 1.29 is 14.0 Å². The Labute approximate surface area is 146 Å². The van der Waals surface area contributed by atoms with E-state index in [1.807, 2.05) is 21.9 Å². The molecule has 4 rings (SSSR count). The number of carbonyl (C=O) groups is 2. The molecule has 25 heavy (non-hydrogen) atoms. The quantitative estimate of drug-likeness (QED) is 0.861. The molecule has 1 atom stereocenters. The molecule has 2 aromatic rings. The van der Waals surface area contributed by atoms with Crippen molar-refractivity contribution in [3.05, 3.63) is 54.2 Å². The third-order valence-corrected chi connectivity index (χ3v) is 5.35. The molecule has 1 spiro atoms. The van der Waals surface area contributed by atoms with Gasteiger partial charge in [-0.2, -0.15) is 0 Å². The van der Waals surface area contributed by atoms with Crippen LogP contribution < -0.4 is 0 Å². The zero-order valence-corrected chi connectivity index (χ0v) is 14.1. The summed E-state index contributed by atoms with van der Waals surface area (Å²) in [6, 6.07) is 5.57. The normalized spacial score (nSPS) is 23.4. The van der Waals surface area contributed by atoms with Crippen molar-refractivity contribution in [2.75, 3.05) is 13.1 Å². The van der Waals surface area contributed by atoms with E-state index in [1.54, 1.807) is 18.5 Å². The van der Waals surface area contributed by atoms with Gasteiger partial charge in [0.1, 0.15) is 6.26 Å². The van der Waals surface area contributed by atoms with Crippen molar-refractivity contribution >= 4 is 11.8 Å². The topological polar surface area (TPSA) is 66.7 Å². The summed E-state index contributed by atoms with van der Waals surface area (Å²) in [6.45, 7) is 1.87. The fraction of sp³-hybridized carbons (Fsp3) is 0.421. The van der Waals surface area contributed by atoms with E-state index in [-0.39, 0.29) is 17.4 Å². The number of pyridine rings is 1. The van der Waals surface area contributed by atoms with Gasteiger partial charge < -0.3 is 14.2 Å². The average Bonchev–Trinajstić information content (AvgIpc) is 3.27. The predicted molar refractivity (Wildman–Crippen MR) is 90.6 cm³/mol. The molecule has 0 aliphatic carbocycles. The number of likely N-dealkylation sites (tertiary alicyclic amines) is 2. The first-order chi connectivity index (χ1) is 12.2. The van der Waals surface area contributed by atoms with Gasteiger partial charge in [-0.3, -0.25) is 14.6 Å². The van der Waals surface area contributed by atoms with Crippen LogP contribution in [-0.2, 0) is 11.3 Å². The van der Waals surface area contributed by atoms with Gasteiger partial charge in [-0.25, -0.2) is 0 Å². The van der Waals surface area contributed by atoms with Gasteiger partial charge in [0.05, 0.1) is 17.4 Å². The smallest absolute Gasteiger partial charge is 0.257 e. The molecule has 0 saturated carbocycles. The van der Waals surface area contributed by atoms with E-state index in [9.17, 15) is 9.59 Å². The fourth-order valence-electron chi connectivity index (χ4n) is 4.08. The maximum Gasteiger partial charge on any atom is 0.257 e. The van der Waals surface area contributed by atoms with Crippen LogP contribution in [-0.4, -0.2) is 45.2 Å². The molecule has 2 aromatic heterocycles. The van der Waals surface area contributed by atoms with Crippen LogP contribution in [0.5, 0.6) is 0 Å². The lowest BCUT2D eigenvalue weighted by molar-refractivity contribution is -0.133. The summed E-state index contributed by atoms with van der Waals surface area (Å²) >= 11 is 0. The predicted octanol–water partition coefficient (Wildman–Crippen LogP) is 2.47. The number of hydrogen-bond donors (Lipinski definition) is 0. The molecule has 4 heterocycles. The van der Waals surface area contributed by atoms with Crippen molar-refractivity contribution in [1.82, 2.24) is 14.8 Å². The Morgan fingerprint density at radius 1 is 1.32 bits per heavy atom. The van der Waals surface area contributed by atoms with Crippen molar-refractivity contribution in [2.45, 2.75) is 37.8 Å². The largest absolute Gasteiger partial charge is 0.472 e. The van der Waals surface area contributed by atoms with Crippen LogP contribution in [0, 0.1) is 0 Å². The Balaban J connectivity index is 1.56. The third-order valence-electron chi connectivity index (χ3n) is 5.35. The molecule has 0 bridgehead atoms. The van der Waals surface area contributed by atoms with Crippen molar-refractivity contribution in [1.29, 1.82) is 0 Å². The molecule has 2 aliphatic heterocycles. The molecule has 2 aliphatic rings. The second-order valence-electron chi connectivity index (χ2n) is 6.91. The van der Waals surface area contributed by atoms with Gasteiger partial charge in [-0.05, 0) is 37.0 Å². The molecule has 6 heteroatoms. The van der Waals surface area contributed by atoms with Crippen LogP contribution in [0.3, 0.4) is 0 Å². The number of piperidine rings is 1. The number of rotatable bonds is 3. The molecule has 0 aromatic carbocycles. The summed E-state index contributed by atoms with van der Waals surface area (Å²) in [5.74, 6) is 0.148. The zero-order valence-electron chi connectivity index (χ0n) is 14.1. The maximum absolute atomic E-state index is 12.7. The SMILES string of the molecule is O=C(c1ccoc1)N1CCC[C@@]2(CCC(=O)N2Cc2cccnc2)C1. The first kappa shape index (κ1) is 15.9. The van der Waals surface area contributed by atoms with Crippen LogP contribution in [0.4, 0.5) is 0 Å². The standard InChI is InChI=1S/C19H21N3O3/c23-17-4-7-19(22(17)12-15-3-1-8-20-11-15)6-2-9-21(14-19)18(24)16-5-10-25-13-16/h1,3,5,8,10-11,13H,2,4,6-7,9,12,14H2/t19-/m1/s1. The molecule has 0 N–H and O–H groups in total. The average molecular weight is 339 g/mol. The van der Waals surface area contributed by atoms with E-state index in [2.05, 4.69) is 4.98 Å². The summed E-state index contributed by atoms with van der Waals surface area (Å²) < 4.78 is 5.04. The molecule has 0 unspecified atom stereocenters. The molecular weight excluding hydrogens is 318 g/mol. The number of nitrogens with zero attached hydrogens (tertiary/aromatic N) is 3. The highest BCUT2D eigenvalue weighted by atomic mass is 16.3. The van der Waals surface area contributed by atoms with Crippen LogP contribution >= 0.6 is 0 Å². The van der Waals surface area contributed by atoms with E-state index in [0.717, 1.165) is 31.4 Å². The van der Waals surface area contributed by atoms with E-state index in [4.69, 9.17) is 4.42 Å². The number of hydrogen-bond acceptors (Lipinski definition) is 4. The van der Waals surface area contributed by atoms with Crippen molar-refractivity contribution in [2.24, 2.45) is 0 Å². The van der Waals surface area contributed by atoms with Crippen molar-refractivity contribution in [3.8, 4) is 0 Å². The number of carbonyl (C=O) groups excluding carboxylic acids is 2. The summed E-state index contributed by atoms with van der Waals surface area (Å²) in [5, 5.41) is 0. The highest BCUT2D eigenvalue weighted by Gasteiger charge is 2.48. The van der Waals surface area contributed by atoms with Crippen LogP contribution in [0.15, 0.2) is 47.5 Å². The lowest BCUT2D eigenvalue weighted by Gasteiger charge is -2.46. The Kier molecular flexibility index (Phi) is 4.03. The Morgan fingerprint density at radius 3 is 3.00 bits per heavy atom. The first-order valence-corrected chi connectivity index (χ1v) is 8.69. The van der Waals surface area contributed by atoms with Crippen LogP contribution in [0.25, 0.3) is 0 Å². The molecule has 6 nitrogen and oxygen atoms in total. The number of amides is 2. The second-order valence-corrected chi connectivity index (χ2v) is 6.91. The number of furan rings is 1.